The standard InChI is InChI=1S/C25H22N4O/c26-15-16-30-21-11-12-22-28-23(24(29(22)17-21)19-5-2-1-3-6-19)18-7-9-20(10-8-18)25(27)13-4-14-25/h1-3,5-12,17H,4,13-14,16,27H2. The summed E-state index contributed by atoms with van der Waals surface area (Å²) >= 11 is 0. The number of nitrogens with two attached hydrogens (primary N) is 1. The van der Waals surface area contributed by atoms with Crippen molar-refractivity contribution in [2.75, 3.05) is 6.61 Å². The molecule has 4 aromatic rings. The van der Waals surface area contributed by atoms with Crippen LogP contribution in [0.25, 0.3) is 28.2 Å². The van der Waals surface area contributed by atoms with Crippen molar-refractivity contribution in [3.8, 4) is 34.3 Å². The maximum atomic E-state index is 8.82. The highest BCUT2D eigenvalue weighted by Crippen LogP contribution is 2.40. The Bertz CT molecular complexity index is 1230. The van der Waals surface area contributed by atoms with E-state index in [1.54, 1.807) is 0 Å². The monoisotopic (exact) mass is 394 g/mol. The highest BCUT2D eigenvalue weighted by atomic mass is 16.5. The Hall–Kier alpha value is -3.62. The fraction of sp³-hybridized carbons (Fsp3) is 0.200. The Morgan fingerprint density at radius 3 is 2.43 bits per heavy atom. The van der Waals surface area contributed by atoms with E-state index in [4.69, 9.17) is 20.7 Å². The first kappa shape index (κ1) is 18.4. The minimum atomic E-state index is -0.174. The number of hydrogen-bond acceptors (Lipinski definition) is 4. The van der Waals surface area contributed by atoms with E-state index in [9.17, 15) is 0 Å². The van der Waals surface area contributed by atoms with E-state index < -0.39 is 0 Å². The van der Waals surface area contributed by atoms with E-state index in [0.29, 0.717) is 5.75 Å². The topological polar surface area (TPSA) is 76.3 Å². The van der Waals surface area contributed by atoms with Gasteiger partial charge in [0.1, 0.15) is 17.5 Å². The van der Waals surface area contributed by atoms with Crippen molar-refractivity contribution in [3.05, 3.63) is 78.5 Å². The van der Waals surface area contributed by atoms with Crippen LogP contribution in [0.3, 0.4) is 0 Å². The van der Waals surface area contributed by atoms with Crippen LogP contribution in [-0.2, 0) is 5.54 Å². The van der Waals surface area contributed by atoms with Crippen molar-refractivity contribution in [3.63, 3.8) is 0 Å². The summed E-state index contributed by atoms with van der Waals surface area (Å²) in [6.07, 6.45) is 5.17. The first-order valence-electron chi connectivity index (χ1n) is 10.1. The third kappa shape index (κ3) is 3.12. The van der Waals surface area contributed by atoms with Gasteiger partial charge in [0.25, 0.3) is 0 Å². The predicted molar refractivity (Wildman–Crippen MR) is 117 cm³/mol. The molecule has 0 atom stereocenters. The van der Waals surface area contributed by atoms with Crippen LogP contribution in [0.5, 0.6) is 5.75 Å². The highest BCUT2D eigenvalue weighted by Gasteiger charge is 2.34. The van der Waals surface area contributed by atoms with Crippen LogP contribution in [0.2, 0.25) is 0 Å². The molecule has 1 aliphatic rings. The lowest BCUT2D eigenvalue weighted by atomic mass is 9.72. The fourth-order valence-corrected chi connectivity index (χ4v) is 4.11. The normalized spacial score (nSPS) is 14.8. The molecule has 0 bridgehead atoms. The van der Waals surface area contributed by atoms with Crippen molar-refractivity contribution in [1.82, 2.24) is 9.38 Å². The van der Waals surface area contributed by atoms with Crippen LogP contribution in [0.4, 0.5) is 0 Å². The number of fused-ring (bicyclic) bond motifs is 1. The van der Waals surface area contributed by atoms with E-state index in [-0.39, 0.29) is 12.1 Å². The van der Waals surface area contributed by atoms with Gasteiger partial charge in [-0.2, -0.15) is 5.26 Å². The lowest BCUT2D eigenvalue weighted by Gasteiger charge is -2.38. The largest absolute Gasteiger partial charge is 0.477 e. The highest BCUT2D eigenvalue weighted by molar-refractivity contribution is 5.82. The number of ether oxygens (including phenoxy) is 1. The van der Waals surface area contributed by atoms with Gasteiger partial charge in [0.15, 0.2) is 6.61 Å². The Balaban J connectivity index is 1.65. The first-order chi connectivity index (χ1) is 14.7. The van der Waals surface area contributed by atoms with E-state index in [2.05, 4.69) is 36.4 Å². The molecule has 5 nitrogen and oxygen atoms in total. The summed E-state index contributed by atoms with van der Waals surface area (Å²) in [5.41, 5.74) is 12.3. The third-order valence-electron chi connectivity index (χ3n) is 5.92. The number of nitrogens with zero attached hydrogens (tertiary/aromatic N) is 3. The molecule has 0 unspecified atom stereocenters. The number of nitriles is 1. The van der Waals surface area contributed by atoms with Crippen molar-refractivity contribution in [2.45, 2.75) is 24.8 Å². The third-order valence-corrected chi connectivity index (χ3v) is 5.92. The Morgan fingerprint density at radius 1 is 1.00 bits per heavy atom. The lowest BCUT2D eigenvalue weighted by molar-refractivity contribution is 0.253. The van der Waals surface area contributed by atoms with Crippen molar-refractivity contribution < 1.29 is 4.74 Å². The second-order valence-corrected chi connectivity index (χ2v) is 7.80. The maximum absolute atomic E-state index is 8.82. The molecule has 2 aromatic carbocycles. The van der Waals surface area contributed by atoms with E-state index >= 15 is 0 Å². The molecule has 1 fully saturated rings. The molecule has 0 aliphatic heterocycles. The summed E-state index contributed by atoms with van der Waals surface area (Å²) in [6.45, 7) is 0.00995. The van der Waals surface area contributed by atoms with Crippen molar-refractivity contribution >= 4 is 5.65 Å². The molecule has 2 N–H and O–H groups in total. The van der Waals surface area contributed by atoms with Gasteiger partial charge in [-0.15, -0.1) is 0 Å². The number of hydrogen-bond donors (Lipinski definition) is 1. The molecule has 148 valence electrons. The van der Waals surface area contributed by atoms with E-state index in [1.807, 2.05) is 47.0 Å². The van der Waals surface area contributed by atoms with E-state index in [1.165, 1.54) is 12.0 Å². The molecule has 0 spiro atoms. The zero-order chi connectivity index (χ0) is 20.6. The van der Waals surface area contributed by atoms with Crippen LogP contribution in [0, 0.1) is 11.3 Å². The summed E-state index contributed by atoms with van der Waals surface area (Å²) in [7, 11) is 0. The summed E-state index contributed by atoms with van der Waals surface area (Å²) < 4.78 is 7.55. The second kappa shape index (κ2) is 7.33. The molecule has 5 rings (SSSR count). The quantitative estimate of drug-likeness (QED) is 0.522. The van der Waals surface area contributed by atoms with Crippen LogP contribution in [-0.4, -0.2) is 16.0 Å². The maximum Gasteiger partial charge on any atom is 0.174 e. The zero-order valence-electron chi connectivity index (χ0n) is 16.6. The van der Waals surface area contributed by atoms with Crippen molar-refractivity contribution in [2.24, 2.45) is 5.73 Å². The van der Waals surface area contributed by atoms with Gasteiger partial charge in [-0.05, 0) is 37.0 Å². The smallest absolute Gasteiger partial charge is 0.174 e. The second-order valence-electron chi connectivity index (χ2n) is 7.80. The molecule has 30 heavy (non-hydrogen) atoms. The number of benzene rings is 2. The lowest BCUT2D eigenvalue weighted by Crippen LogP contribution is -2.43. The molecular weight excluding hydrogens is 372 g/mol. The Kier molecular flexibility index (Phi) is 4.50. The molecule has 2 aromatic heterocycles. The molecule has 0 saturated heterocycles. The number of pyridine rings is 1. The molecule has 1 saturated carbocycles. The zero-order valence-corrected chi connectivity index (χ0v) is 16.6. The molecule has 5 heteroatoms. The minimum Gasteiger partial charge on any atom is -0.477 e. The Labute approximate surface area is 175 Å². The fourth-order valence-electron chi connectivity index (χ4n) is 4.11. The summed E-state index contributed by atoms with van der Waals surface area (Å²) in [5, 5.41) is 8.82. The van der Waals surface area contributed by atoms with Gasteiger partial charge in [0, 0.05) is 16.7 Å². The van der Waals surface area contributed by atoms with Crippen molar-refractivity contribution in [1.29, 1.82) is 5.26 Å². The van der Waals surface area contributed by atoms with Crippen LogP contribution in [0.15, 0.2) is 72.9 Å². The van der Waals surface area contributed by atoms with Gasteiger partial charge in [0.2, 0.25) is 0 Å². The Morgan fingerprint density at radius 2 is 1.77 bits per heavy atom. The molecule has 0 amide bonds. The molecule has 1 aliphatic carbocycles. The van der Waals surface area contributed by atoms with Crippen LogP contribution < -0.4 is 10.5 Å². The first-order valence-corrected chi connectivity index (χ1v) is 10.1. The molecule has 2 heterocycles. The van der Waals surface area contributed by atoms with Crippen LogP contribution >= 0.6 is 0 Å². The summed E-state index contributed by atoms with van der Waals surface area (Å²) in [4.78, 5) is 4.92. The van der Waals surface area contributed by atoms with Gasteiger partial charge in [-0.3, -0.25) is 4.40 Å². The van der Waals surface area contributed by atoms with Gasteiger partial charge in [-0.25, -0.2) is 4.98 Å². The van der Waals surface area contributed by atoms with Crippen LogP contribution in [0.1, 0.15) is 24.8 Å². The number of imidazole rings is 1. The summed E-state index contributed by atoms with van der Waals surface area (Å²) in [5.74, 6) is 0.635. The SMILES string of the molecule is N#CCOc1ccc2nc(-c3ccc(C4(N)CCC4)cc3)c(-c3ccccc3)n2c1. The minimum absolute atomic E-state index is 0.00995. The average Bonchev–Trinajstić information content (AvgIpc) is 3.15. The van der Waals surface area contributed by atoms with E-state index in [0.717, 1.165) is 41.0 Å². The number of aromatic nitrogens is 2. The molecular formula is C25H22N4O. The summed E-state index contributed by atoms with van der Waals surface area (Å²) in [6, 6.07) is 24.5. The van der Waals surface area contributed by atoms with Gasteiger partial charge >= 0.3 is 0 Å². The van der Waals surface area contributed by atoms with Gasteiger partial charge in [-0.1, -0.05) is 54.6 Å². The van der Waals surface area contributed by atoms with Gasteiger partial charge < -0.3 is 10.5 Å². The number of rotatable bonds is 5. The molecule has 0 radical (unpaired) electrons. The average molecular weight is 394 g/mol. The van der Waals surface area contributed by atoms with Gasteiger partial charge in [0.05, 0.1) is 17.6 Å². The predicted octanol–water partition coefficient (Wildman–Crippen LogP) is 4.91.